The molecule has 6 atom stereocenters. The number of hydrogen-bond acceptors (Lipinski definition) is 5. The number of imide groups is 1. The van der Waals surface area contributed by atoms with Gasteiger partial charge in [-0.3, -0.25) is 19.3 Å². The van der Waals surface area contributed by atoms with E-state index in [-0.39, 0.29) is 24.0 Å². The van der Waals surface area contributed by atoms with Crippen molar-refractivity contribution >= 4 is 23.7 Å². The first-order chi connectivity index (χ1) is 10.8. The number of carboxylic acids is 1. The molecule has 3 heterocycles. The van der Waals surface area contributed by atoms with Crippen molar-refractivity contribution in [3.05, 3.63) is 0 Å². The van der Waals surface area contributed by atoms with E-state index in [1.165, 1.54) is 20.9 Å². The van der Waals surface area contributed by atoms with E-state index < -0.39 is 35.8 Å². The molecule has 23 heavy (non-hydrogen) atoms. The van der Waals surface area contributed by atoms with Crippen LogP contribution in [0.4, 0.5) is 0 Å². The van der Waals surface area contributed by atoms with Crippen LogP contribution in [0.2, 0.25) is 0 Å². The maximum absolute atomic E-state index is 12.6. The third-order valence-electron chi connectivity index (χ3n) is 5.35. The zero-order valence-electron chi connectivity index (χ0n) is 13.3. The van der Waals surface area contributed by atoms with Crippen molar-refractivity contribution in [2.45, 2.75) is 51.0 Å². The van der Waals surface area contributed by atoms with Crippen LogP contribution in [-0.4, -0.2) is 69.9 Å². The van der Waals surface area contributed by atoms with Crippen molar-refractivity contribution in [3.8, 4) is 0 Å². The summed E-state index contributed by atoms with van der Waals surface area (Å²) in [6.07, 6.45) is 1.06. The molecule has 0 aliphatic carbocycles. The first-order valence-corrected chi connectivity index (χ1v) is 7.77. The maximum Gasteiger partial charge on any atom is 0.326 e. The molecule has 2 bridgehead atoms. The lowest BCUT2D eigenvalue weighted by Crippen LogP contribution is -2.52. The maximum atomic E-state index is 12.6. The highest BCUT2D eigenvalue weighted by Gasteiger charge is 2.63. The Hall–Kier alpha value is -1.96. The number of rotatable bonds is 4. The monoisotopic (exact) mass is 324 g/mol. The predicted molar refractivity (Wildman–Crippen MR) is 76.1 cm³/mol. The lowest BCUT2D eigenvalue weighted by atomic mass is 9.81. The highest BCUT2D eigenvalue weighted by atomic mass is 16.5. The molecule has 3 aliphatic rings. The molecule has 8 nitrogen and oxygen atoms in total. The number of carbonyl (C=O) groups is 4. The lowest BCUT2D eigenvalue weighted by molar-refractivity contribution is -0.155. The van der Waals surface area contributed by atoms with Gasteiger partial charge in [-0.15, -0.1) is 0 Å². The van der Waals surface area contributed by atoms with Gasteiger partial charge in [0.1, 0.15) is 12.1 Å². The second-order valence-electron chi connectivity index (χ2n) is 6.53. The summed E-state index contributed by atoms with van der Waals surface area (Å²) in [6.45, 7) is 2.84. The van der Waals surface area contributed by atoms with E-state index in [1.807, 2.05) is 0 Å². The van der Waals surface area contributed by atoms with Crippen molar-refractivity contribution in [2.75, 3.05) is 7.05 Å². The van der Waals surface area contributed by atoms with Gasteiger partial charge in [-0.2, -0.15) is 0 Å². The van der Waals surface area contributed by atoms with Crippen molar-refractivity contribution < 1.29 is 29.0 Å². The molecule has 3 amide bonds. The Morgan fingerprint density at radius 2 is 1.65 bits per heavy atom. The van der Waals surface area contributed by atoms with Crippen molar-refractivity contribution in [1.29, 1.82) is 0 Å². The molecular weight excluding hydrogens is 304 g/mol. The van der Waals surface area contributed by atoms with E-state index in [1.54, 1.807) is 0 Å². The molecule has 8 heteroatoms. The molecule has 0 radical (unpaired) electrons. The molecule has 3 rings (SSSR count). The number of ether oxygens (including phenoxy) is 1. The molecule has 0 saturated carbocycles. The number of aliphatic carboxylic acids is 1. The molecule has 0 spiro atoms. The summed E-state index contributed by atoms with van der Waals surface area (Å²) in [7, 11) is 1.36. The fourth-order valence-corrected chi connectivity index (χ4v) is 3.88. The number of amides is 3. The van der Waals surface area contributed by atoms with Crippen LogP contribution in [0.5, 0.6) is 0 Å². The lowest BCUT2D eigenvalue weighted by Gasteiger charge is -2.29. The number of carbonyl (C=O) groups excluding carboxylic acids is 3. The van der Waals surface area contributed by atoms with E-state index in [4.69, 9.17) is 9.84 Å². The Kier molecular flexibility index (Phi) is 3.66. The molecule has 0 aromatic rings. The molecule has 3 aliphatic heterocycles. The number of carboxylic acid groups (broad SMARTS) is 1. The van der Waals surface area contributed by atoms with Crippen LogP contribution in [0.15, 0.2) is 0 Å². The molecule has 3 fully saturated rings. The van der Waals surface area contributed by atoms with Crippen LogP contribution in [0.3, 0.4) is 0 Å². The van der Waals surface area contributed by atoms with Crippen LogP contribution in [0.1, 0.15) is 26.7 Å². The number of nitrogens with zero attached hydrogens (tertiary/aromatic N) is 2. The van der Waals surface area contributed by atoms with E-state index >= 15 is 0 Å². The van der Waals surface area contributed by atoms with Crippen LogP contribution in [0, 0.1) is 11.8 Å². The van der Waals surface area contributed by atoms with Gasteiger partial charge in [-0.25, -0.2) is 4.79 Å². The molecular formula is C15H20N2O6. The number of fused-ring (bicyclic) bond motifs is 5. The normalized spacial score (nSPS) is 34.5. The zero-order chi connectivity index (χ0) is 17.0. The van der Waals surface area contributed by atoms with Crippen LogP contribution < -0.4 is 0 Å². The summed E-state index contributed by atoms with van der Waals surface area (Å²) >= 11 is 0. The van der Waals surface area contributed by atoms with Gasteiger partial charge in [0.2, 0.25) is 17.7 Å². The zero-order valence-corrected chi connectivity index (χ0v) is 13.3. The highest BCUT2D eigenvalue weighted by molar-refractivity contribution is 6.09. The summed E-state index contributed by atoms with van der Waals surface area (Å²) in [5.74, 6) is -3.42. The Labute approximate surface area is 133 Å². The van der Waals surface area contributed by atoms with Gasteiger partial charge in [0.05, 0.1) is 24.0 Å². The fourth-order valence-electron chi connectivity index (χ4n) is 3.88. The molecule has 0 aromatic carbocycles. The van der Waals surface area contributed by atoms with Gasteiger partial charge in [0.25, 0.3) is 0 Å². The Morgan fingerprint density at radius 3 is 2.09 bits per heavy atom. The molecule has 1 N–H and O–H groups in total. The first-order valence-electron chi connectivity index (χ1n) is 7.77. The topological polar surface area (TPSA) is 104 Å². The second kappa shape index (κ2) is 5.30. The van der Waals surface area contributed by atoms with Crippen LogP contribution >= 0.6 is 0 Å². The van der Waals surface area contributed by atoms with Gasteiger partial charge < -0.3 is 14.7 Å². The SMILES string of the molecule is CC(C(=O)O)N(C)C(=O)C(C)N1C(=O)C2C3CCC(O3)C2C1=O. The van der Waals surface area contributed by atoms with Crippen LogP contribution in [0.25, 0.3) is 0 Å². The van der Waals surface area contributed by atoms with E-state index in [0.717, 1.165) is 22.6 Å². The molecule has 3 saturated heterocycles. The largest absolute Gasteiger partial charge is 0.480 e. The predicted octanol–water partition coefficient (Wildman–Crippen LogP) is -0.531. The standard InChI is InChI=1S/C15H20N2O6/c1-6(12(18)16(3)7(2)15(21)22)17-13(19)10-8-4-5-9(23-8)11(10)14(17)20/h6-11H,4-5H2,1-3H3,(H,21,22). The van der Waals surface area contributed by atoms with Crippen LogP contribution in [-0.2, 0) is 23.9 Å². The summed E-state index contributed by atoms with van der Waals surface area (Å²) in [6, 6.07) is -2.04. The molecule has 6 unspecified atom stereocenters. The number of likely N-dealkylation sites (tertiary alicyclic amines) is 1. The van der Waals surface area contributed by atoms with Gasteiger partial charge in [0, 0.05) is 7.05 Å². The highest BCUT2D eigenvalue weighted by Crippen LogP contribution is 2.48. The van der Waals surface area contributed by atoms with Gasteiger partial charge in [0.15, 0.2) is 0 Å². The van der Waals surface area contributed by atoms with E-state index in [0.29, 0.717) is 0 Å². The summed E-state index contributed by atoms with van der Waals surface area (Å²) in [4.78, 5) is 50.7. The summed E-state index contributed by atoms with van der Waals surface area (Å²) < 4.78 is 5.64. The summed E-state index contributed by atoms with van der Waals surface area (Å²) in [5.41, 5.74) is 0. The quantitative estimate of drug-likeness (QED) is 0.697. The second-order valence-corrected chi connectivity index (χ2v) is 6.53. The van der Waals surface area contributed by atoms with Crippen molar-refractivity contribution in [3.63, 3.8) is 0 Å². The smallest absolute Gasteiger partial charge is 0.326 e. The number of hydrogen-bond donors (Lipinski definition) is 1. The molecule has 126 valence electrons. The van der Waals surface area contributed by atoms with E-state index in [2.05, 4.69) is 0 Å². The first kappa shape index (κ1) is 15.9. The van der Waals surface area contributed by atoms with Crippen molar-refractivity contribution in [1.82, 2.24) is 9.80 Å². The van der Waals surface area contributed by atoms with Gasteiger partial charge in [-0.1, -0.05) is 0 Å². The average Bonchev–Trinajstić information content (AvgIpc) is 3.18. The third-order valence-corrected chi connectivity index (χ3v) is 5.35. The van der Waals surface area contributed by atoms with E-state index in [9.17, 15) is 19.2 Å². The minimum absolute atomic E-state index is 0.232. The van der Waals surface area contributed by atoms with Gasteiger partial charge in [-0.05, 0) is 26.7 Å². The minimum Gasteiger partial charge on any atom is -0.480 e. The third kappa shape index (κ3) is 2.15. The fraction of sp³-hybridized carbons (Fsp3) is 0.733. The number of likely N-dealkylation sites (N-methyl/N-ethyl adjacent to an activating group) is 1. The Morgan fingerprint density at radius 1 is 1.17 bits per heavy atom. The average molecular weight is 324 g/mol. The summed E-state index contributed by atoms with van der Waals surface area (Å²) in [5, 5.41) is 9.00. The minimum atomic E-state index is -1.14. The Bertz CT molecular complexity index is 563. The van der Waals surface area contributed by atoms with Crippen molar-refractivity contribution in [2.24, 2.45) is 11.8 Å². The Balaban J connectivity index is 1.79. The molecule has 0 aromatic heterocycles. The van der Waals surface area contributed by atoms with Gasteiger partial charge >= 0.3 is 5.97 Å².